The van der Waals surface area contributed by atoms with Crippen LogP contribution in [0.2, 0.25) is 0 Å². The van der Waals surface area contributed by atoms with Gasteiger partial charge in [-0.05, 0) is 30.7 Å². The van der Waals surface area contributed by atoms with E-state index in [1.54, 1.807) is 24.3 Å². The van der Waals surface area contributed by atoms with Gasteiger partial charge in [-0.15, -0.1) is 0 Å². The van der Waals surface area contributed by atoms with Crippen LogP contribution in [-0.2, 0) is 4.74 Å². The summed E-state index contributed by atoms with van der Waals surface area (Å²) in [5.41, 5.74) is 0.536. The average Bonchev–Trinajstić information content (AvgIpc) is 2.36. The fourth-order valence-corrected chi connectivity index (χ4v) is 1.25. The molecule has 0 fully saturated rings. The molecule has 0 unspecified atom stereocenters. The Bertz CT molecular complexity index is 356. The Balaban J connectivity index is 2.32. The van der Waals surface area contributed by atoms with Gasteiger partial charge in [-0.2, -0.15) is 0 Å². The molecular weight excluding hydrogens is 220 g/mol. The van der Waals surface area contributed by atoms with Crippen molar-refractivity contribution in [2.24, 2.45) is 0 Å². The van der Waals surface area contributed by atoms with E-state index in [1.165, 1.54) is 0 Å². The Morgan fingerprint density at radius 1 is 1.24 bits per heavy atom. The highest BCUT2D eigenvalue weighted by atomic mass is 16.7. The number of rotatable bonds is 6. The first-order chi connectivity index (χ1) is 8.26. The van der Waals surface area contributed by atoms with E-state index in [2.05, 4.69) is 6.92 Å². The molecule has 92 valence electrons. The van der Waals surface area contributed by atoms with Crippen molar-refractivity contribution in [1.29, 1.82) is 0 Å². The van der Waals surface area contributed by atoms with Gasteiger partial charge in [-0.1, -0.05) is 19.8 Å². The largest absolute Gasteiger partial charge is 0.513 e. The fourth-order valence-electron chi connectivity index (χ4n) is 1.25. The summed E-state index contributed by atoms with van der Waals surface area (Å²) in [4.78, 5) is 21.6. The number of unbranched alkanes of at least 4 members (excludes halogenated alkanes) is 2. The van der Waals surface area contributed by atoms with Crippen LogP contribution in [0, 0.1) is 0 Å². The number of carbonyl (C=O) groups excluding carboxylic acids is 2. The van der Waals surface area contributed by atoms with Crippen molar-refractivity contribution in [2.45, 2.75) is 26.2 Å². The van der Waals surface area contributed by atoms with Gasteiger partial charge >= 0.3 is 6.16 Å². The Labute approximate surface area is 101 Å². The van der Waals surface area contributed by atoms with E-state index in [4.69, 9.17) is 9.47 Å². The van der Waals surface area contributed by atoms with Crippen LogP contribution in [0.1, 0.15) is 36.5 Å². The zero-order chi connectivity index (χ0) is 12.5. The number of hydrogen-bond acceptors (Lipinski definition) is 4. The summed E-state index contributed by atoms with van der Waals surface area (Å²) in [6.07, 6.45) is 2.97. The number of hydrogen-bond donors (Lipinski definition) is 0. The third kappa shape index (κ3) is 5.15. The Morgan fingerprint density at radius 3 is 2.53 bits per heavy atom. The molecular formula is C13H16O4. The topological polar surface area (TPSA) is 52.6 Å². The quantitative estimate of drug-likeness (QED) is 0.329. The molecule has 0 bridgehead atoms. The second kappa shape index (κ2) is 7.44. The molecule has 4 heteroatoms. The number of carbonyl (C=O) groups is 2. The molecule has 0 aromatic heterocycles. The van der Waals surface area contributed by atoms with Crippen LogP contribution >= 0.6 is 0 Å². The van der Waals surface area contributed by atoms with Gasteiger partial charge in [-0.25, -0.2) is 4.79 Å². The highest BCUT2D eigenvalue weighted by molar-refractivity contribution is 5.75. The van der Waals surface area contributed by atoms with Gasteiger partial charge in [0.1, 0.15) is 12.0 Å². The molecule has 0 heterocycles. The zero-order valence-corrected chi connectivity index (χ0v) is 9.85. The molecule has 0 N–H and O–H groups in total. The standard InChI is InChI=1S/C13H16O4/c1-2-3-4-9-16-13(15)17-12-7-5-11(10-14)6-8-12/h5-8,10H,2-4,9H2,1H3. The summed E-state index contributed by atoms with van der Waals surface area (Å²) in [6.45, 7) is 2.45. The van der Waals surface area contributed by atoms with Crippen LogP contribution in [0.4, 0.5) is 4.79 Å². The highest BCUT2D eigenvalue weighted by Crippen LogP contribution is 2.11. The molecule has 1 rings (SSSR count). The summed E-state index contributed by atoms with van der Waals surface area (Å²) >= 11 is 0. The maximum Gasteiger partial charge on any atom is 0.513 e. The summed E-state index contributed by atoms with van der Waals surface area (Å²) in [5.74, 6) is 0.371. The minimum absolute atomic E-state index is 0.371. The van der Waals surface area contributed by atoms with Gasteiger partial charge < -0.3 is 9.47 Å². The van der Waals surface area contributed by atoms with Crippen LogP contribution in [0.3, 0.4) is 0 Å². The molecule has 0 aliphatic rings. The molecule has 0 radical (unpaired) electrons. The normalized spacial score (nSPS) is 9.71. The smallest absolute Gasteiger partial charge is 0.434 e. The monoisotopic (exact) mass is 236 g/mol. The first-order valence-electron chi connectivity index (χ1n) is 5.66. The molecule has 17 heavy (non-hydrogen) atoms. The van der Waals surface area contributed by atoms with Crippen LogP contribution < -0.4 is 4.74 Å². The van der Waals surface area contributed by atoms with E-state index in [9.17, 15) is 9.59 Å². The molecule has 1 aromatic rings. The highest BCUT2D eigenvalue weighted by Gasteiger charge is 2.05. The minimum atomic E-state index is -0.708. The van der Waals surface area contributed by atoms with E-state index in [0.29, 0.717) is 17.9 Å². The van der Waals surface area contributed by atoms with Gasteiger partial charge in [0, 0.05) is 5.56 Å². The first-order valence-corrected chi connectivity index (χ1v) is 5.66. The second-order valence-corrected chi connectivity index (χ2v) is 3.59. The molecule has 1 aromatic carbocycles. The number of ether oxygens (including phenoxy) is 2. The third-order valence-corrected chi connectivity index (χ3v) is 2.19. The van der Waals surface area contributed by atoms with Gasteiger partial charge in [0.2, 0.25) is 0 Å². The van der Waals surface area contributed by atoms with Gasteiger partial charge in [0.25, 0.3) is 0 Å². The van der Waals surface area contributed by atoms with Crippen molar-refractivity contribution in [3.05, 3.63) is 29.8 Å². The van der Waals surface area contributed by atoms with Gasteiger partial charge in [0.05, 0.1) is 6.61 Å². The molecule has 0 atom stereocenters. The van der Waals surface area contributed by atoms with E-state index in [-0.39, 0.29) is 0 Å². The predicted molar refractivity (Wildman–Crippen MR) is 63.3 cm³/mol. The maximum absolute atomic E-state index is 11.2. The third-order valence-electron chi connectivity index (χ3n) is 2.19. The summed E-state index contributed by atoms with van der Waals surface area (Å²) in [7, 11) is 0. The summed E-state index contributed by atoms with van der Waals surface area (Å²) < 4.78 is 9.79. The van der Waals surface area contributed by atoms with Crippen molar-refractivity contribution in [3.8, 4) is 5.75 Å². The van der Waals surface area contributed by atoms with Gasteiger partial charge in [-0.3, -0.25) is 4.79 Å². The lowest BCUT2D eigenvalue weighted by Crippen LogP contribution is -2.11. The van der Waals surface area contributed by atoms with Crippen LogP contribution in [0.15, 0.2) is 24.3 Å². The van der Waals surface area contributed by atoms with Crippen molar-refractivity contribution < 1.29 is 19.1 Å². The Hall–Kier alpha value is -1.84. The fraction of sp³-hybridized carbons (Fsp3) is 0.385. The molecule has 0 spiro atoms. The van der Waals surface area contributed by atoms with E-state index >= 15 is 0 Å². The Morgan fingerprint density at radius 2 is 1.94 bits per heavy atom. The van der Waals surface area contributed by atoms with Crippen molar-refractivity contribution in [2.75, 3.05) is 6.61 Å². The Kier molecular flexibility index (Phi) is 5.79. The van der Waals surface area contributed by atoms with E-state index in [0.717, 1.165) is 25.5 Å². The molecule has 4 nitrogen and oxygen atoms in total. The van der Waals surface area contributed by atoms with Crippen LogP contribution in [0.5, 0.6) is 5.75 Å². The number of aldehydes is 1. The molecule has 0 aliphatic heterocycles. The summed E-state index contributed by atoms with van der Waals surface area (Å²) in [5, 5.41) is 0. The molecule has 0 aliphatic carbocycles. The van der Waals surface area contributed by atoms with Crippen molar-refractivity contribution in [3.63, 3.8) is 0 Å². The molecule has 0 saturated heterocycles. The minimum Gasteiger partial charge on any atom is -0.434 e. The SMILES string of the molecule is CCCCCOC(=O)Oc1ccc(C=O)cc1. The van der Waals surface area contributed by atoms with Crippen LogP contribution in [-0.4, -0.2) is 19.0 Å². The molecule has 0 saturated carbocycles. The first kappa shape index (κ1) is 13.2. The van der Waals surface area contributed by atoms with E-state index < -0.39 is 6.16 Å². The average molecular weight is 236 g/mol. The van der Waals surface area contributed by atoms with Gasteiger partial charge in [0.15, 0.2) is 0 Å². The van der Waals surface area contributed by atoms with Crippen molar-refractivity contribution >= 4 is 12.4 Å². The summed E-state index contributed by atoms with van der Waals surface area (Å²) in [6, 6.07) is 6.26. The maximum atomic E-state index is 11.2. The lowest BCUT2D eigenvalue weighted by molar-refractivity contribution is 0.0974. The number of benzene rings is 1. The molecule has 0 amide bonds. The zero-order valence-electron chi connectivity index (χ0n) is 9.85. The predicted octanol–water partition coefficient (Wildman–Crippen LogP) is 3.20. The lowest BCUT2D eigenvalue weighted by atomic mass is 10.2. The van der Waals surface area contributed by atoms with Crippen molar-refractivity contribution in [1.82, 2.24) is 0 Å². The second-order valence-electron chi connectivity index (χ2n) is 3.59. The lowest BCUT2D eigenvalue weighted by Gasteiger charge is -2.05. The van der Waals surface area contributed by atoms with E-state index in [1.807, 2.05) is 0 Å². The van der Waals surface area contributed by atoms with Crippen LogP contribution in [0.25, 0.3) is 0 Å².